The number of aromatic nitrogens is 6. The highest BCUT2D eigenvalue weighted by Crippen LogP contribution is 2.33. The number of nitrogens with one attached hydrogen (secondary N) is 3. The number of hydrogen-bond acceptors (Lipinski definition) is 8. The van der Waals surface area contributed by atoms with Gasteiger partial charge in [-0.1, -0.05) is 30.9 Å². The molecular formula is C28H29ClN8O4. The third-order valence-electron chi connectivity index (χ3n) is 6.58. The zero-order valence-electron chi connectivity index (χ0n) is 22.3. The van der Waals surface area contributed by atoms with Gasteiger partial charge in [-0.05, 0) is 59.7 Å². The number of halogens is 1. The van der Waals surface area contributed by atoms with E-state index in [0.29, 0.717) is 45.8 Å². The van der Waals surface area contributed by atoms with E-state index in [1.165, 1.54) is 24.2 Å². The fraction of sp³-hybridized carbons (Fsp3) is 0.286. The maximum Gasteiger partial charge on any atom is 0.411 e. The van der Waals surface area contributed by atoms with Gasteiger partial charge in [0.2, 0.25) is 5.91 Å². The van der Waals surface area contributed by atoms with Crippen molar-refractivity contribution in [1.82, 2.24) is 35.5 Å². The molecule has 1 aliphatic rings. The Morgan fingerprint density at radius 1 is 1.17 bits per heavy atom. The van der Waals surface area contributed by atoms with Crippen LogP contribution in [0.1, 0.15) is 49.5 Å². The zero-order valence-corrected chi connectivity index (χ0v) is 23.1. The molecule has 5 rings (SSSR count). The number of tetrazole rings is 1. The Balaban J connectivity index is 1.37. The maximum atomic E-state index is 13.1. The van der Waals surface area contributed by atoms with Crippen molar-refractivity contribution in [1.29, 1.82) is 0 Å². The summed E-state index contributed by atoms with van der Waals surface area (Å²) >= 11 is 6.21. The van der Waals surface area contributed by atoms with Gasteiger partial charge in [-0.15, -0.1) is 5.10 Å². The Bertz CT molecular complexity index is 1540. The van der Waals surface area contributed by atoms with E-state index < -0.39 is 6.09 Å². The summed E-state index contributed by atoms with van der Waals surface area (Å²) in [6.45, 7) is 0.535. The molecule has 1 unspecified atom stereocenters. The predicted octanol–water partition coefficient (Wildman–Crippen LogP) is 5.10. The average molecular weight is 577 g/mol. The lowest BCUT2D eigenvalue weighted by molar-refractivity contribution is -0.117. The third-order valence-corrected chi connectivity index (χ3v) is 6.81. The van der Waals surface area contributed by atoms with Crippen LogP contribution in [-0.2, 0) is 9.53 Å². The number of fused-ring (bicyclic) bond motifs is 4. The standard InChI is InChI=1S/C28H29ClN8O4/c1-40-28(39)32-20-9-10-21-23-16-30-27(34-23)22(6-4-2-3-5-13-41-25(21)15-20)33-26(38)12-7-18-14-19(29)8-11-24(18)37-17-31-35-36-37/h7-12,14-17,22H,2-6,13H2,1H3,(H,30,34)(H,32,39)(H,33,38). The molecule has 0 spiro atoms. The van der Waals surface area contributed by atoms with Gasteiger partial charge in [0.25, 0.3) is 0 Å². The summed E-state index contributed by atoms with van der Waals surface area (Å²) < 4.78 is 12.3. The topological polar surface area (TPSA) is 149 Å². The van der Waals surface area contributed by atoms with E-state index in [-0.39, 0.29) is 11.9 Å². The Morgan fingerprint density at radius 2 is 2.05 bits per heavy atom. The smallest absolute Gasteiger partial charge is 0.411 e. The van der Waals surface area contributed by atoms with Crippen molar-refractivity contribution < 1.29 is 19.1 Å². The van der Waals surface area contributed by atoms with Crippen molar-refractivity contribution >= 4 is 35.4 Å². The third kappa shape index (κ3) is 7.09. The minimum atomic E-state index is -0.564. The molecule has 1 atom stereocenters. The minimum absolute atomic E-state index is 0.276. The van der Waals surface area contributed by atoms with Crippen LogP contribution in [0.3, 0.4) is 0 Å². The highest BCUT2D eigenvalue weighted by atomic mass is 35.5. The first-order valence-corrected chi connectivity index (χ1v) is 13.6. The van der Waals surface area contributed by atoms with Crippen molar-refractivity contribution in [3.8, 4) is 22.7 Å². The van der Waals surface area contributed by atoms with Crippen LogP contribution in [0.5, 0.6) is 5.75 Å². The molecule has 0 saturated heterocycles. The Hall–Kier alpha value is -4.71. The number of anilines is 1. The second kappa shape index (κ2) is 13.1. The fourth-order valence-electron chi connectivity index (χ4n) is 4.54. The monoisotopic (exact) mass is 576 g/mol. The molecule has 12 nitrogen and oxygen atoms in total. The van der Waals surface area contributed by atoms with Gasteiger partial charge in [0.05, 0.1) is 31.1 Å². The van der Waals surface area contributed by atoms with Gasteiger partial charge in [0, 0.05) is 40.2 Å². The van der Waals surface area contributed by atoms with Gasteiger partial charge >= 0.3 is 6.09 Å². The molecule has 2 aromatic heterocycles. The second-order valence-corrected chi connectivity index (χ2v) is 9.84. The summed E-state index contributed by atoms with van der Waals surface area (Å²) in [5.41, 5.74) is 3.36. The van der Waals surface area contributed by atoms with Crippen LogP contribution >= 0.6 is 11.6 Å². The first kappa shape index (κ1) is 27.8. The molecule has 212 valence electrons. The fourth-order valence-corrected chi connectivity index (χ4v) is 4.72. The average Bonchev–Trinajstić information content (AvgIpc) is 3.68. The molecule has 4 aromatic rings. The molecule has 2 amide bonds. The SMILES string of the molecule is COC(=O)Nc1ccc2c(c1)OCCCCCCC(NC(=O)C=Cc1cc(Cl)ccc1-n1cnnn1)c1nc-2c[nH]1. The first-order valence-electron chi connectivity index (χ1n) is 13.2. The minimum Gasteiger partial charge on any atom is -0.493 e. The maximum absolute atomic E-state index is 13.1. The van der Waals surface area contributed by atoms with Crippen LogP contribution in [0, 0.1) is 0 Å². The summed E-state index contributed by atoms with van der Waals surface area (Å²) in [6, 6.07) is 10.3. The number of aromatic amines is 1. The summed E-state index contributed by atoms with van der Waals surface area (Å²) in [6.07, 6.45) is 10.3. The van der Waals surface area contributed by atoms with E-state index >= 15 is 0 Å². The van der Waals surface area contributed by atoms with E-state index in [0.717, 1.165) is 37.7 Å². The molecule has 0 radical (unpaired) electrons. The summed E-state index contributed by atoms with van der Waals surface area (Å²) in [5, 5.41) is 17.6. The van der Waals surface area contributed by atoms with Crippen LogP contribution in [0.2, 0.25) is 5.02 Å². The van der Waals surface area contributed by atoms with E-state index in [1.807, 2.05) is 6.07 Å². The molecule has 2 bridgehead atoms. The number of nitrogens with zero attached hydrogens (tertiary/aromatic N) is 5. The molecule has 3 N–H and O–H groups in total. The van der Waals surface area contributed by atoms with E-state index in [2.05, 4.69) is 31.1 Å². The van der Waals surface area contributed by atoms with Crippen LogP contribution in [0.15, 0.2) is 55.0 Å². The van der Waals surface area contributed by atoms with Crippen molar-refractivity contribution in [2.75, 3.05) is 19.0 Å². The van der Waals surface area contributed by atoms with Gasteiger partial charge in [0.1, 0.15) is 17.9 Å². The Labute approximate surface area is 241 Å². The molecule has 0 aliphatic carbocycles. The number of amides is 2. The van der Waals surface area contributed by atoms with Gasteiger partial charge in [-0.2, -0.15) is 4.68 Å². The van der Waals surface area contributed by atoms with Crippen LogP contribution < -0.4 is 15.4 Å². The lowest BCUT2D eigenvalue weighted by Gasteiger charge is -2.16. The lowest BCUT2D eigenvalue weighted by atomic mass is 10.1. The van der Waals surface area contributed by atoms with Crippen molar-refractivity contribution in [2.24, 2.45) is 0 Å². The number of carbonyl (C=O) groups excluding carboxylic acids is 2. The van der Waals surface area contributed by atoms with Gasteiger partial charge in [-0.3, -0.25) is 10.1 Å². The van der Waals surface area contributed by atoms with Crippen molar-refractivity contribution in [2.45, 2.75) is 38.1 Å². The van der Waals surface area contributed by atoms with Crippen LogP contribution in [0.4, 0.5) is 10.5 Å². The first-order chi connectivity index (χ1) is 20.0. The van der Waals surface area contributed by atoms with Crippen LogP contribution in [0.25, 0.3) is 23.0 Å². The van der Waals surface area contributed by atoms with Crippen molar-refractivity contribution in [3.63, 3.8) is 0 Å². The van der Waals surface area contributed by atoms with Gasteiger partial charge in [-0.25, -0.2) is 9.78 Å². The van der Waals surface area contributed by atoms with E-state index in [4.69, 9.17) is 26.1 Å². The number of rotatable bonds is 5. The summed E-state index contributed by atoms with van der Waals surface area (Å²) in [4.78, 5) is 32.8. The summed E-state index contributed by atoms with van der Waals surface area (Å²) in [5.74, 6) is 0.961. The quantitative estimate of drug-likeness (QED) is 0.278. The number of H-pyrrole nitrogens is 1. The molecule has 3 heterocycles. The number of carbonyl (C=O) groups is 2. The number of benzene rings is 2. The molecule has 13 heteroatoms. The molecule has 1 aliphatic heterocycles. The van der Waals surface area contributed by atoms with Gasteiger partial charge < -0.3 is 19.8 Å². The lowest BCUT2D eigenvalue weighted by Crippen LogP contribution is -2.27. The highest BCUT2D eigenvalue weighted by Gasteiger charge is 2.20. The Morgan fingerprint density at radius 3 is 2.88 bits per heavy atom. The largest absolute Gasteiger partial charge is 0.493 e. The molecule has 2 aromatic carbocycles. The highest BCUT2D eigenvalue weighted by molar-refractivity contribution is 6.30. The number of imidazole rings is 1. The molecule has 0 saturated carbocycles. The van der Waals surface area contributed by atoms with Gasteiger partial charge in [0.15, 0.2) is 0 Å². The predicted molar refractivity (Wildman–Crippen MR) is 153 cm³/mol. The molecule has 41 heavy (non-hydrogen) atoms. The number of hydrogen-bond donors (Lipinski definition) is 3. The number of ether oxygens (including phenoxy) is 2. The second-order valence-electron chi connectivity index (χ2n) is 9.40. The van der Waals surface area contributed by atoms with E-state index in [9.17, 15) is 9.59 Å². The van der Waals surface area contributed by atoms with Crippen molar-refractivity contribution in [3.05, 3.63) is 71.4 Å². The number of methoxy groups -OCH3 is 1. The van der Waals surface area contributed by atoms with Crippen LogP contribution in [-0.4, -0.2) is 55.9 Å². The van der Waals surface area contributed by atoms with E-state index in [1.54, 1.807) is 42.6 Å². The summed E-state index contributed by atoms with van der Waals surface area (Å²) in [7, 11) is 1.31. The molecular weight excluding hydrogens is 548 g/mol. The Kier molecular flexibility index (Phi) is 8.89. The zero-order chi connectivity index (χ0) is 28.6. The normalized spacial score (nSPS) is 15.5. The molecule has 0 fully saturated rings.